The van der Waals surface area contributed by atoms with E-state index in [1.54, 1.807) is 0 Å². The molecular formula is C13H19N3O. The van der Waals surface area contributed by atoms with Crippen LogP contribution in [0.15, 0.2) is 24.3 Å². The molecule has 4 nitrogen and oxygen atoms in total. The van der Waals surface area contributed by atoms with Gasteiger partial charge in [0.2, 0.25) is 0 Å². The van der Waals surface area contributed by atoms with E-state index in [-0.39, 0.29) is 5.91 Å². The van der Waals surface area contributed by atoms with Gasteiger partial charge in [0.1, 0.15) is 0 Å². The van der Waals surface area contributed by atoms with Crippen molar-refractivity contribution in [3.05, 3.63) is 35.4 Å². The van der Waals surface area contributed by atoms with E-state index in [4.69, 9.17) is 0 Å². The van der Waals surface area contributed by atoms with Gasteiger partial charge >= 0.3 is 0 Å². The molecule has 0 bridgehead atoms. The Labute approximate surface area is 102 Å². The molecule has 4 heteroatoms. The van der Waals surface area contributed by atoms with Crippen LogP contribution in [-0.4, -0.2) is 38.1 Å². The molecule has 0 spiro atoms. The fourth-order valence-corrected chi connectivity index (χ4v) is 1.69. The van der Waals surface area contributed by atoms with Gasteiger partial charge in [0.05, 0.1) is 0 Å². The summed E-state index contributed by atoms with van der Waals surface area (Å²) < 4.78 is 0. The maximum Gasteiger partial charge on any atom is 0.251 e. The number of aryl methyl sites for hydroxylation is 1. The molecule has 1 saturated heterocycles. The van der Waals surface area contributed by atoms with Crippen LogP contribution >= 0.6 is 0 Å². The van der Waals surface area contributed by atoms with E-state index in [2.05, 4.69) is 16.0 Å². The van der Waals surface area contributed by atoms with E-state index in [0.29, 0.717) is 12.6 Å². The van der Waals surface area contributed by atoms with Crippen molar-refractivity contribution in [2.75, 3.05) is 26.2 Å². The van der Waals surface area contributed by atoms with Crippen molar-refractivity contribution in [2.45, 2.75) is 13.0 Å². The topological polar surface area (TPSA) is 53.2 Å². The van der Waals surface area contributed by atoms with Gasteiger partial charge in [-0.3, -0.25) is 4.79 Å². The summed E-state index contributed by atoms with van der Waals surface area (Å²) in [5.41, 5.74) is 1.89. The van der Waals surface area contributed by atoms with Crippen molar-refractivity contribution in [3.8, 4) is 0 Å². The number of benzene rings is 1. The molecule has 1 heterocycles. The van der Waals surface area contributed by atoms with Crippen LogP contribution in [0.3, 0.4) is 0 Å². The Morgan fingerprint density at radius 1 is 1.29 bits per heavy atom. The molecule has 0 saturated carbocycles. The van der Waals surface area contributed by atoms with Gasteiger partial charge in [-0.05, 0) is 19.1 Å². The fourth-order valence-electron chi connectivity index (χ4n) is 1.69. The minimum atomic E-state index is -0.00136. The van der Waals surface area contributed by atoms with Gasteiger partial charge in [-0.1, -0.05) is 17.7 Å². The highest BCUT2D eigenvalue weighted by Crippen LogP contribution is 2.02. The number of carbonyl (C=O) groups excluding carboxylic acids is 1. The first-order valence-corrected chi connectivity index (χ1v) is 6.04. The van der Waals surface area contributed by atoms with Crippen molar-refractivity contribution in [3.63, 3.8) is 0 Å². The lowest BCUT2D eigenvalue weighted by Gasteiger charge is -2.28. The van der Waals surface area contributed by atoms with Crippen LogP contribution < -0.4 is 16.0 Å². The minimum absolute atomic E-state index is 0.00136. The normalized spacial score (nSPS) is 15.4. The molecular weight excluding hydrogens is 214 g/mol. The maximum absolute atomic E-state index is 11.7. The first-order chi connectivity index (χ1) is 8.25. The molecule has 1 aliphatic heterocycles. The van der Waals surface area contributed by atoms with Crippen molar-refractivity contribution >= 4 is 5.91 Å². The molecule has 1 aromatic rings. The van der Waals surface area contributed by atoms with E-state index >= 15 is 0 Å². The summed E-state index contributed by atoms with van der Waals surface area (Å²) in [7, 11) is 0. The SMILES string of the molecule is Cc1ccc(C(=O)NCCNC2CNC2)cc1. The van der Waals surface area contributed by atoms with Gasteiger partial charge < -0.3 is 16.0 Å². The molecule has 2 rings (SSSR count). The number of rotatable bonds is 5. The Balaban J connectivity index is 1.67. The second-order valence-electron chi connectivity index (χ2n) is 4.43. The molecule has 0 radical (unpaired) electrons. The van der Waals surface area contributed by atoms with Crippen LogP contribution in [-0.2, 0) is 0 Å². The molecule has 17 heavy (non-hydrogen) atoms. The Kier molecular flexibility index (Phi) is 4.12. The highest BCUT2D eigenvalue weighted by atomic mass is 16.1. The highest BCUT2D eigenvalue weighted by molar-refractivity contribution is 5.94. The van der Waals surface area contributed by atoms with Gasteiger partial charge in [0.25, 0.3) is 5.91 Å². The van der Waals surface area contributed by atoms with Crippen molar-refractivity contribution in [1.82, 2.24) is 16.0 Å². The van der Waals surface area contributed by atoms with Gasteiger partial charge in [0.15, 0.2) is 0 Å². The van der Waals surface area contributed by atoms with Gasteiger partial charge in [-0.15, -0.1) is 0 Å². The highest BCUT2D eigenvalue weighted by Gasteiger charge is 2.14. The summed E-state index contributed by atoms with van der Waals surface area (Å²) in [4.78, 5) is 11.7. The molecule has 1 aliphatic rings. The Morgan fingerprint density at radius 3 is 2.59 bits per heavy atom. The summed E-state index contributed by atoms with van der Waals surface area (Å²) in [6.07, 6.45) is 0. The second kappa shape index (κ2) is 5.80. The van der Waals surface area contributed by atoms with Crippen molar-refractivity contribution in [1.29, 1.82) is 0 Å². The number of hydrogen-bond acceptors (Lipinski definition) is 3. The Hall–Kier alpha value is -1.39. The zero-order chi connectivity index (χ0) is 12.1. The molecule has 0 aromatic heterocycles. The first-order valence-electron chi connectivity index (χ1n) is 6.04. The fraction of sp³-hybridized carbons (Fsp3) is 0.462. The number of amides is 1. The van der Waals surface area contributed by atoms with Gasteiger partial charge in [0, 0.05) is 37.8 Å². The molecule has 1 amide bonds. The van der Waals surface area contributed by atoms with Crippen LogP contribution in [0.1, 0.15) is 15.9 Å². The van der Waals surface area contributed by atoms with E-state index in [1.807, 2.05) is 31.2 Å². The lowest BCUT2D eigenvalue weighted by molar-refractivity contribution is 0.0953. The summed E-state index contributed by atoms with van der Waals surface area (Å²) in [6.45, 7) is 5.57. The smallest absolute Gasteiger partial charge is 0.251 e. The average Bonchev–Trinajstić information content (AvgIpc) is 2.27. The van der Waals surface area contributed by atoms with Crippen LogP contribution in [0.25, 0.3) is 0 Å². The molecule has 0 unspecified atom stereocenters. The predicted molar refractivity (Wildman–Crippen MR) is 68.2 cm³/mol. The summed E-state index contributed by atoms with van der Waals surface area (Å²) in [5, 5.41) is 9.45. The minimum Gasteiger partial charge on any atom is -0.351 e. The van der Waals surface area contributed by atoms with Crippen molar-refractivity contribution < 1.29 is 4.79 Å². The lowest BCUT2D eigenvalue weighted by atomic mass is 10.1. The van der Waals surface area contributed by atoms with Crippen LogP contribution in [0, 0.1) is 6.92 Å². The van der Waals surface area contributed by atoms with Crippen LogP contribution in [0.5, 0.6) is 0 Å². The summed E-state index contributed by atoms with van der Waals surface area (Å²) in [5.74, 6) is -0.00136. The standard InChI is InChI=1S/C13H19N3O/c1-10-2-4-11(5-3-10)13(17)16-7-6-15-12-8-14-9-12/h2-5,12,14-15H,6-9H2,1H3,(H,16,17). The van der Waals surface area contributed by atoms with E-state index in [9.17, 15) is 4.79 Å². The number of hydrogen-bond donors (Lipinski definition) is 3. The predicted octanol–water partition coefficient (Wildman–Crippen LogP) is 0.286. The molecule has 1 aromatic carbocycles. The number of carbonyl (C=O) groups is 1. The van der Waals surface area contributed by atoms with Gasteiger partial charge in [-0.2, -0.15) is 0 Å². The number of nitrogens with one attached hydrogen (secondary N) is 3. The molecule has 92 valence electrons. The zero-order valence-corrected chi connectivity index (χ0v) is 10.1. The molecule has 1 fully saturated rings. The van der Waals surface area contributed by atoms with Crippen LogP contribution in [0.4, 0.5) is 0 Å². The second-order valence-corrected chi connectivity index (χ2v) is 4.43. The van der Waals surface area contributed by atoms with Crippen LogP contribution in [0.2, 0.25) is 0 Å². The Morgan fingerprint density at radius 2 is 2.00 bits per heavy atom. The lowest BCUT2D eigenvalue weighted by Crippen LogP contribution is -2.56. The average molecular weight is 233 g/mol. The monoisotopic (exact) mass is 233 g/mol. The van der Waals surface area contributed by atoms with Crippen molar-refractivity contribution in [2.24, 2.45) is 0 Å². The largest absolute Gasteiger partial charge is 0.351 e. The maximum atomic E-state index is 11.7. The zero-order valence-electron chi connectivity index (χ0n) is 10.1. The third kappa shape index (κ3) is 3.54. The first kappa shape index (κ1) is 12.1. The molecule has 3 N–H and O–H groups in total. The quantitative estimate of drug-likeness (QED) is 0.641. The van der Waals surface area contributed by atoms with E-state index < -0.39 is 0 Å². The molecule has 0 atom stereocenters. The van der Waals surface area contributed by atoms with E-state index in [1.165, 1.54) is 5.56 Å². The Bertz CT molecular complexity index is 371. The third-order valence-corrected chi connectivity index (χ3v) is 2.94. The van der Waals surface area contributed by atoms with Gasteiger partial charge in [-0.25, -0.2) is 0 Å². The molecule has 0 aliphatic carbocycles. The third-order valence-electron chi connectivity index (χ3n) is 2.94. The summed E-state index contributed by atoms with van der Waals surface area (Å²) >= 11 is 0. The summed E-state index contributed by atoms with van der Waals surface area (Å²) in [6, 6.07) is 8.19. The van der Waals surface area contributed by atoms with E-state index in [0.717, 1.165) is 25.2 Å².